The molecule has 0 saturated heterocycles. The molecule has 1 aromatic heterocycles. The van der Waals surface area contributed by atoms with E-state index in [1.165, 1.54) is 4.57 Å². The monoisotopic (exact) mass is 293 g/mol. The number of para-hydroxylation sites is 1. The van der Waals surface area contributed by atoms with E-state index < -0.39 is 0 Å². The van der Waals surface area contributed by atoms with Crippen molar-refractivity contribution < 1.29 is 0 Å². The summed E-state index contributed by atoms with van der Waals surface area (Å²) in [6.07, 6.45) is 0. The highest BCUT2D eigenvalue weighted by Crippen LogP contribution is 2.96. The lowest BCUT2D eigenvalue weighted by Gasteiger charge is -2.96. The van der Waals surface area contributed by atoms with Crippen molar-refractivity contribution in [3.63, 3.8) is 0 Å². The van der Waals surface area contributed by atoms with Crippen molar-refractivity contribution in [2.24, 2.45) is 35.0 Å². The third-order valence-corrected chi connectivity index (χ3v) is 7.90. The van der Waals surface area contributed by atoms with Gasteiger partial charge in [-0.05, 0) is 47.1 Å². The molecular weight excluding hydrogens is 278 g/mol. The molecule has 22 heavy (non-hydrogen) atoms. The van der Waals surface area contributed by atoms with Gasteiger partial charge in [-0.2, -0.15) is 0 Å². The second kappa shape index (κ2) is 2.66. The van der Waals surface area contributed by atoms with E-state index in [0.717, 1.165) is 11.8 Å². The molecule has 4 saturated carbocycles. The largest absolute Gasteiger partial charge is 0.352 e. The molecule has 2 aliphatic heterocycles. The predicted octanol–water partition coefficient (Wildman–Crippen LogP) is 1.04. The average Bonchev–Trinajstić information content (AvgIpc) is 2.72. The van der Waals surface area contributed by atoms with E-state index in [1.54, 1.807) is 0 Å². The standard InChI is InChI=1S/C17H15N3O2/c1-17-11-9-8-10(11)14(17)20-16(22)18(7-5-3-2-4-6-7)15(21)19(20)13(8)12(9)17/h2-6,8-14H,1H3/t8-,9+,10-,11+,12+,13-,14-,17+/m0/s1. The van der Waals surface area contributed by atoms with Gasteiger partial charge >= 0.3 is 11.4 Å². The average molecular weight is 293 g/mol. The predicted molar refractivity (Wildman–Crippen MR) is 77.9 cm³/mol. The van der Waals surface area contributed by atoms with E-state index in [4.69, 9.17) is 0 Å². The minimum absolute atomic E-state index is 0.138. The summed E-state index contributed by atoms with van der Waals surface area (Å²) >= 11 is 0. The zero-order valence-electron chi connectivity index (χ0n) is 12.1. The number of benzene rings is 1. The quantitative estimate of drug-likeness (QED) is 0.789. The molecule has 5 heteroatoms. The Morgan fingerprint density at radius 2 is 1.64 bits per heavy atom. The molecule has 0 amide bonds. The van der Waals surface area contributed by atoms with Crippen LogP contribution in [0.5, 0.6) is 0 Å². The van der Waals surface area contributed by atoms with Crippen LogP contribution in [0.4, 0.5) is 0 Å². The van der Waals surface area contributed by atoms with Crippen LogP contribution < -0.4 is 11.4 Å². The lowest BCUT2D eigenvalue weighted by molar-refractivity contribution is -0.496. The van der Waals surface area contributed by atoms with E-state index in [-0.39, 0.29) is 17.4 Å². The Bertz CT molecular complexity index is 999. The van der Waals surface area contributed by atoms with Crippen molar-refractivity contribution in [1.29, 1.82) is 0 Å². The number of aromatic nitrogens is 3. The van der Waals surface area contributed by atoms with Crippen LogP contribution in [0, 0.1) is 35.0 Å². The molecule has 0 unspecified atom stereocenters. The molecule has 0 radical (unpaired) electrons. The van der Waals surface area contributed by atoms with Gasteiger partial charge in [0, 0.05) is 0 Å². The van der Waals surface area contributed by atoms with Crippen molar-refractivity contribution in [3.8, 4) is 5.69 Å². The Morgan fingerprint density at radius 1 is 0.909 bits per heavy atom. The van der Waals surface area contributed by atoms with Crippen LogP contribution >= 0.6 is 0 Å². The van der Waals surface area contributed by atoms with Gasteiger partial charge in [-0.25, -0.2) is 23.5 Å². The van der Waals surface area contributed by atoms with Crippen molar-refractivity contribution in [3.05, 3.63) is 51.3 Å². The van der Waals surface area contributed by atoms with E-state index in [9.17, 15) is 9.59 Å². The molecule has 8 rings (SSSR count). The van der Waals surface area contributed by atoms with E-state index in [2.05, 4.69) is 6.92 Å². The van der Waals surface area contributed by atoms with Crippen LogP contribution in [0.2, 0.25) is 0 Å². The zero-order chi connectivity index (χ0) is 14.5. The van der Waals surface area contributed by atoms with Crippen LogP contribution in [0.25, 0.3) is 5.69 Å². The first-order valence-corrected chi connectivity index (χ1v) is 8.19. The first-order valence-electron chi connectivity index (χ1n) is 8.19. The Labute approximate surface area is 125 Å². The van der Waals surface area contributed by atoms with Crippen LogP contribution in [0.15, 0.2) is 39.9 Å². The molecule has 8 atom stereocenters. The minimum atomic E-state index is -0.141. The van der Waals surface area contributed by atoms with Crippen molar-refractivity contribution >= 4 is 0 Å². The Balaban J connectivity index is 1.57. The molecule has 5 nitrogen and oxygen atoms in total. The summed E-state index contributed by atoms with van der Waals surface area (Å²) in [7, 11) is 0. The first kappa shape index (κ1) is 10.6. The van der Waals surface area contributed by atoms with Gasteiger partial charge in [0.05, 0.1) is 17.8 Å². The van der Waals surface area contributed by atoms with Gasteiger partial charge in [-0.15, -0.1) is 0 Å². The highest BCUT2D eigenvalue weighted by atomic mass is 16.2. The highest BCUT2D eigenvalue weighted by Gasteiger charge is 2.95. The lowest BCUT2D eigenvalue weighted by Crippen LogP contribution is -2.95. The van der Waals surface area contributed by atoms with Crippen LogP contribution in [0.3, 0.4) is 0 Å². The fraction of sp³-hybridized carbons (Fsp3) is 0.529. The highest BCUT2D eigenvalue weighted by molar-refractivity contribution is 5.42. The third kappa shape index (κ3) is 0.668. The molecule has 1 aromatic carbocycles. The number of rotatable bonds is 1. The molecule has 3 heterocycles. The maximum Gasteiger partial charge on any atom is 0.352 e. The summed E-state index contributed by atoms with van der Waals surface area (Å²) in [4.78, 5) is 25.9. The summed E-state index contributed by atoms with van der Waals surface area (Å²) < 4.78 is 5.01. The van der Waals surface area contributed by atoms with Gasteiger partial charge < -0.3 is 0 Å². The Hall–Kier alpha value is -2.04. The Morgan fingerprint density at radius 3 is 2.36 bits per heavy atom. The fourth-order valence-corrected chi connectivity index (χ4v) is 7.43. The molecule has 0 N–H and O–H groups in total. The second-order valence-electron chi connectivity index (χ2n) is 8.01. The molecule has 0 spiro atoms. The minimum Gasteiger partial charge on any atom is -0.245 e. The van der Waals surface area contributed by atoms with Crippen LogP contribution in [0.1, 0.15) is 19.0 Å². The summed E-state index contributed by atoms with van der Waals surface area (Å²) in [5.74, 6) is 3.73. The normalized spacial score (nSPS) is 50.1. The summed E-state index contributed by atoms with van der Waals surface area (Å²) in [6.45, 7) is 2.35. The van der Waals surface area contributed by atoms with E-state index >= 15 is 0 Å². The number of nitrogens with zero attached hydrogens (tertiary/aromatic N) is 3. The summed E-state index contributed by atoms with van der Waals surface area (Å²) in [6, 6.07) is 9.89. The molecule has 4 fully saturated rings. The van der Waals surface area contributed by atoms with Crippen LogP contribution in [-0.4, -0.2) is 13.9 Å². The number of hydrogen-bond donors (Lipinski definition) is 0. The van der Waals surface area contributed by atoms with Crippen molar-refractivity contribution in [2.75, 3.05) is 0 Å². The molecule has 110 valence electrons. The van der Waals surface area contributed by atoms with Gasteiger partial charge in [0.25, 0.3) is 0 Å². The SMILES string of the molecule is C[C@]12[C@@H]3[C@H]4[C@H]5[C@@H]3[C@@H]1n1c(=O)n(-c3ccccc3)c(=O)n1[C@@H]5[C@@H]42. The van der Waals surface area contributed by atoms with Gasteiger partial charge in [0.15, 0.2) is 0 Å². The third-order valence-electron chi connectivity index (χ3n) is 7.90. The van der Waals surface area contributed by atoms with E-state index in [0.29, 0.717) is 34.9 Å². The molecule has 2 aromatic rings. The smallest absolute Gasteiger partial charge is 0.245 e. The van der Waals surface area contributed by atoms with Crippen molar-refractivity contribution in [2.45, 2.75) is 19.0 Å². The van der Waals surface area contributed by atoms with E-state index in [1.807, 2.05) is 39.7 Å². The molecule has 6 aliphatic rings. The first-order chi connectivity index (χ1) is 10.7. The van der Waals surface area contributed by atoms with Gasteiger partial charge in [-0.3, -0.25) is 0 Å². The van der Waals surface area contributed by atoms with Gasteiger partial charge in [0.1, 0.15) is 0 Å². The maximum atomic E-state index is 13.0. The molecular formula is C17H15N3O2. The molecule has 4 aliphatic carbocycles. The lowest BCUT2D eigenvalue weighted by atomic mass is 9.11. The zero-order valence-corrected chi connectivity index (χ0v) is 12.1. The second-order valence-corrected chi connectivity index (χ2v) is 8.01. The number of hydrogen-bond acceptors (Lipinski definition) is 2. The Kier molecular flexibility index (Phi) is 1.29. The van der Waals surface area contributed by atoms with Crippen LogP contribution in [-0.2, 0) is 0 Å². The fourth-order valence-electron chi connectivity index (χ4n) is 7.43. The summed E-state index contributed by atoms with van der Waals surface area (Å²) in [5, 5.41) is 0. The molecule has 2 bridgehead atoms. The van der Waals surface area contributed by atoms with Gasteiger partial charge in [-0.1, -0.05) is 25.1 Å². The maximum absolute atomic E-state index is 13.0. The van der Waals surface area contributed by atoms with Gasteiger partial charge in [0.2, 0.25) is 0 Å². The summed E-state index contributed by atoms with van der Waals surface area (Å²) in [5.41, 5.74) is 0.707. The topological polar surface area (TPSA) is 48.9 Å². The van der Waals surface area contributed by atoms with Crippen molar-refractivity contribution in [1.82, 2.24) is 13.9 Å².